The van der Waals surface area contributed by atoms with Gasteiger partial charge in [0.15, 0.2) is 11.5 Å². The minimum Gasteiger partial charge on any atom is -0.475 e. The van der Waals surface area contributed by atoms with E-state index in [4.69, 9.17) is 19.8 Å². The summed E-state index contributed by atoms with van der Waals surface area (Å²) in [6.45, 7) is 10.6. The molecule has 11 nitrogen and oxygen atoms in total. The van der Waals surface area contributed by atoms with Crippen LogP contribution in [-0.2, 0) is 9.59 Å². The first kappa shape index (κ1) is 34.0. The maximum absolute atomic E-state index is 12.9. The lowest BCUT2D eigenvalue weighted by molar-refractivity contribution is -0.193. The Labute approximate surface area is 243 Å². The number of piperazine rings is 1. The summed E-state index contributed by atoms with van der Waals surface area (Å²) in [6, 6.07) is 4.48. The molecule has 1 aliphatic carbocycles. The lowest BCUT2D eigenvalue weighted by Crippen LogP contribution is -2.51. The zero-order valence-corrected chi connectivity index (χ0v) is 23.6. The number of rotatable bonds is 5. The van der Waals surface area contributed by atoms with Crippen LogP contribution >= 0.6 is 0 Å². The van der Waals surface area contributed by atoms with Gasteiger partial charge >= 0.3 is 24.3 Å². The number of aromatic nitrogens is 3. The molecule has 0 aromatic carbocycles. The third kappa shape index (κ3) is 9.51. The second-order valence-corrected chi connectivity index (χ2v) is 10.9. The van der Waals surface area contributed by atoms with Crippen LogP contribution in [0.15, 0.2) is 18.3 Å². The van der Waals surface area contributed by atoms with E-state index < -0.39 is 24.3 Å². The summed E-state index contributed by atoms with van der Waals surface area (Å²) in [5.74, 6) is -3.53. The van der Waals surface area contributed by atoms with Gasteiger partial charge in [0.1, 0.15) is 0 Å². The maximum atomic E-state index is 12.9. The van der Waals surface area contributed by atoms with Crippen molar-refractivity contribution in [2.45, 2.75) is 64.0 Å². The number of nitrogens with zero attached hydrogens (tertiary/aromatic N) is 6. The average Bonchev–Trinajstić information content (AvgIpc) is 3.39. The van der Waals surface area contributed by atoms with Gasteiger partial charge in [-0.25, -0.2) is 9.59 Å². The molecule has 1 saturated carbocycles. The van der Waals surface area contributed by atoms with E-state index in [9.17, 15) is 31.1 Å². The average molecular weight is 625 g/mol. The Morgan fingerprint density at radius 2 is 1.47 bits per heavy atom. The molecule has 2 N–H and O–H groups in total. The fourth-order valence-electron chi connectivity index (χ4n) is 4.90. The molecular formula is C26H34F6N6O5. The number of carboxylic acids is 2. The minimum absolute atomic E-state index is 0.128. The van der Waals surface area contributed by atoms with Crippen molar-refractivity contribution >= 4 is 23.5 Å². The van der Waals surface area contributed by atoms with Crippen molar-refractivity contribution in [3.63, 3.8) is 0 Å². The number of alkyl halides is 6. The van der Waals surface area contributed by atoms with E-state index in [0.29, 0.717) is 6.04 Å². The topological polar surface area (TPSA) is 132 Å². The SMILES string of the molecule is CC(C)N1CCN(CC2CC2)CC1c1nnc2ccc(C(=O)N3CCCC3)cn12.O=C(O)C(F)(F)F.O=C(O)C(F)(F)F. The number of halogens is 6. The van der Waals surface area contributed by atoms with Crippen LogP contribution < -0.4 is 0 Å². The van der Waals surface area contributed by atoms with Crippen LogP contribution in [0.1, 0.15) is 61.8 Å². The fraction of sp³-hybridized carbons (Fsp3) is 0.654. The van der Waals surface area contributed by atoms with Crippen molar-refractivity contribution in [3.8, 4) is 0 Å². The molecule has 0 radical (unpaired) electrons. The number of pyridine rings is 1. The normalized spacial score (nSPS) is 19.9. The van der Waals surface area contributed by atoms with Gasteiger partial charge in [0.2, 0.25) is 0 Å². The summed E-state index contributed by atoms with van der Waals surface area (Å²) in [7, 11) is 0. The predicted octanol–water partition coefficient (Wildman–Crippen LogP) is 3.71. The molecule has 4 heterocycles. The number of carboxylic acid groups (broad SMARTS) is 2. The highest BCUT2D eigenvalue weighted by molar-refractivity contribution is 5.94. The Bertz CT molecular complexity index is 1250. The van der Waals surface area contributed by atoms with Crippen molar-refractivity contribution in [3.05, 3.63) is 29.7 Å². The zero-order valence-electron chi connectivity index (χ0n) is 23.6. The largest absolute Gasteiger partial charge is 0.490 e. The standard InChI is InChI=1S/C22H32N6O.2C2HF3O2/c1-16(2)27-12-11-25(13-17-5-6-17)15-19(27)21-24-23-20-8-7-18(14-28(20)21)22(29)26-9-3-4-10-26;2*3-2(4,5)1(6)7/h7-8,14,16-17,19H,3-6,9-13,15H2,1-2H3;2*(H,6,7). The third-order valence-electron chi connectivity index (χ3n) is 7.23. The first-order valence-corrected chi connectivity index (χ1v) is 13.7. The van der Waals surface area contributed by atoms with E-state index in [1.807, 2.05) is 23.2 Å². The number of hydrogen-bond acceptors (Lipinski definition) is 7. The summed E-state index contributed by atoms with van der Waals surface area (Å²) in [6.07, 6.45) is -3.23. The molecule has 1 atom stereocenters. The number of carbonyl (C=O) groups is 3. The van der Waals surface area contributed by atoms with Crippen molar-refractivity contribution in [1.82, 2.24) is 29.3 Å². The van der Waals surface area contributed by atoms with Gasteiger partial charge in [-0.2, -0.15) is 26.3 Å². The molecule has 2 aromatic rings. The smallest absolute Gasteiger partial charge is 0.475 e. The summed E-state index contributed by atoms with van der Waals surface area (Å²) in [5, 5.41) is 23.3. The summed E-state index contributed by atoms with van der Waals surface area (Å²) in [4.78, 5) is 37.8. The van der Waals surface area contributed by atoms with Gasteiger partial charge < -0.3 is 15.1 Å². The minimum atomic E-state index is -5.08. The van der Waals surface area contributed by atoms with Gasteiger partial charge in [-0.1, -0.05) is 0 Å². The quantitative estimate of drug-likeness (QED) is 0.478. The predicted molar refractivity (Wildman–Crippen MR) is 139 cm³/mol. The molecule has 17 heteroatoms. The lowest BCUT2D eigenvalue weighted by Gasteiger charge is -2.42. The molecule has 1 unspecified atom stereocenters. The summed E-state index contributed by atoms with van der Waals surface area (Å²) < 4.78 is 65.5. The Morgan fingerprint density at radius 1 is 0.907 bits per heavy atom. The molecule has 2 aromatic heterocycles. The molecule has 3 fully saturated rings. The number of aliphatic carboxylic acids is 2. The highest BCUT2D eigenvalue weighted by Crippen LogP contribution is 2.33. The number of carbonyl (C=O) groups excluding carboxylic acids is 1. The van der Waals surface area contributed by atoms with E-state index in [1.54, 1.807) is 0 Å². The molecule has 0 bridgehead atoms. The van der Waals surface area contributed by atoms with Gasteiger partial charge in [-0.3, -0.25) is 19.0 Å². The van der Waals surface area contributed by atoms with Gasteiger partial charge in [0.05, 0.1) is 11.6 Å². The van der Waals surface area contributed by atoms with Crippen molar-refractivity contribution < 1.29 is 50.9 Å². The van der Waals surface area contributed by atoms with Crippen molar-refractivity contribution in [2.24, 2.45) is 5.92 Å². The Hall–Kier alpha value is -3.47. The molecule has 1 amide bonds. The second-order valence-electron chi connectivity index (χ2n) is 10.9. The molecule has 3 aliphatic rings. The lowest BCUT2D eigenvalue weighted by atomic mass is 10.1. The van der Waals surface area contributed by atoms with Crippen LogP contribution in [0.5, 0.6) is 0 Å². The van der Waals surface area contributed by atoms with Crippen LogP contribution in [-0.4, -0.2) is 115 Å². The number of hydrogen-bond donors (Lipinski definition) is 2. The molecule has 2 saturated heterocycles. The highest BCUT2D eigenvalue weighted by Gasteiger charge is 2.39. The highest BCUT2D eigenvalue weighted by atomic mass is 19.4. The van der Waals surface area contributed by atoms with Crippen LogP contribution in [0.4, 0.5) is 26.3 Å². The van der Waals surface area contributed by atoms with Gasteiger partial charge in [0.25, 0.3) is 5.91 Å². The van der Waals surface area contributed by atoms with Crippen LogP contribution in [0.3, 0.4) is 0 Å². The van der Waals surface area contributed by atoms with Crippen LogP contribution in [0.25, 0.3) is 5.65 Å². The number of fused-ring (bicyclic) bond motifs is 1. The molecule has 5 rings (SSSR count). The van der Waals surface area contributed by atoms with Crippen molar-refractivity contribution in [2.75, 3.05) is 39.3 Å². The third-order valence-corrected chi connectivity index (χ3v) is 7.23. The van der Waals surface area contributed by atoms with Gasteiger partial charge in [0, 0.05) is 51.5 Å². The van der Waals surface area contributed by atoms with Gasteiger partial charge in [-0.05, 0) is 57.6 Å². The van der Waals surface area contributed by atoms with E-state index >= 15 is 0 Å². The van der Waals surface area contributed by atoms with Crippen LogP contribution in [0.2, 0.25) is 0 Å². The first-order chi connectivity index (χ1) is 20.0. The Balaban J connectivity index is 0.000000303. The molecular weight excluding hydrogens is 590 g/mol. The molecule has 2 aliphatic heterocycles. The monoisotopic (exact) mass is 624 g/mol. The van der Waals surface area contributed by atoms with Gasteiger partial charge in [-0.15, -0.1) is 10.2 Å². The maximum Gasteiger partial charge on any atom is 0.490 e. The van der Waals surface area contributed by atoms with E-state index in [-0.39, 0.29) is 11.9 Å². The first-order valence-electron chi connectivity index (χ1n) is 13.7. The zero-order chi connectivity index (χ0) is 32.1. The molecule has 0 spiro atoms. The summed E-state index contributed by atoms with van der Waals surface area (Å²) in [5.41, 5.74) is 1.56. The van der Waals surface area contributed by atoms with E-state index in [0.717, 1.165) is 68.5 Å². The summed E-state index contributed by atoms with van der Waals surface area (Å²) >= 11 is 0. The number of likely N-dealkylation sites (tertiary alicyclic amines) is 1. The fourth-order valence-corrected chi connectivity index (χ4v) is 4.90. The Morgan fingerprint density at radius 3 is 1.95 bits per heavy atom. The molecule has 43 heavy (non-hydrogen) atoms. The molecule has 240 valence electrons. The van der Waals surface area contributed by atoms with Crippen LogP contribution in [0, 0.1) is 5.92 Å². The number of amides is 1. The van der Waals surface area contributed by atoms with E-state index in [1.165, 1.54) is 19.4 Å². The Kier molecular flexibility index (Phi) is 11.0. The second kappa shape index (κ2) is 13.9. The van der Waals surface area contributed by atoms with E-state index in [2.05, 4.69) is 38.2 Å². The van der Waals surface area contributed by atoms with Crippen molar-refractivity contribution in [1.29, 1.82) is 0 Å².